The lowest BCUT2D eigenvalue weighted by molar-refractivity contribution is 0.140. The molecule has 1 aromatic rings. The summed E-state index contributed by atoms with van der Waals surface area (Å²) in [6.45, 7) is 4.71. The summed E-state index contributed by atoms with van der Waals surface area (Å²) in [5, 5.41) is 2.69. The van der Waals surface area contributed by atoms with Gasteiger partial charge in [-0.3, -0.25) is 4.90 Å². The lowest BCUT2D eigenvalue weighted by atomic mass is 10.3. The highest BCUT2D eigenvalue weighted by atomic mass is 32.1. The van der Waals surface area contributed by atoms with Crippen molar-refractivity contribution in [2.24, 2.45) is 0 Å². The van der Waals surface area contributed by atoms with Crippen LogP contribution in [-0.4, -0.2) is 36.2 Å². The first-order valence-electron chi connectivity index (χ1n) is 4.84. The molecule has 2 heterocycles. The lowest BCUT2D eigenvalue weighted by Crippen LogP contribution is -2.25. The van der Waals surface area contributed by atoms with E-state index in [4.69, 9.17) is 10.5 Å². The van der Waals surface area contributed by atoms with Crippen LogP contribution in [0.2, 0.25) is 0 Å². The van der Waals surface area contributed by atoms with Gasteiger partial charge in [0, 0.05) is 31.6 Å². The molecule has 2 N–H and O–H groups in total. The van der Waals surface area contributed by atoms with Crippen molar-refractivity contribution in [1.82, 2.24) is 9.88 Å². The van der Waals surface area contributed by atoms with Crippen molar-refractivity contribution in [3.63, 3.8) is 0 Å². The van der Waals surface area contributed by atoms with E-state index in [1.807, 2.05) is 5.38 Å². The summed E-state index contributed by atoms with van der Waals surface area (Å²) in [4.78, 5) is 6.61. The van der Waals surface area contributed by atoms with E-state index in [2.05, 4.69) is 9.88 Å². The third-order valence-electron chi connectivity index (χ3n) is 2.27. The molecule has 0 aliphatic carbocycles. The molecule has 1 aromatic heterocycles. The van der Waals surface area contributed by atoms with Crippen molar-refractivity contribution >= 4 is 16.5 Å². The van der Waals surface area contributed by atoms with Crippen LogP contribution in [0.15, 0.2) is 5.38 Å². The highest BCUT2D eigenvalue weighted by Crippen LogP contribution is 2.13. The summed E-state index contributed by atoms with van der Waals surface area (Å²) in [6.07, 6.45) is 1.11. The standard InChI is InChI=1S/C9H15N3OS/c10-9-11-8(7-14-9)6-12-2-1-4-13-5-3-12/h7H,1-6H2,(H2,10,11). The third-order valence-corrected chi connectivity index (χ3v) is 2.99. The third kappa shape index (κ3) is 2.67. The molecule has 0 bridgehead atoms. The monoisotopic (exact) mass is 213 g/mol. The van der Waals surface area contributed by atoms with Gasteiger partial charge in [0.25, 0.3) is 0 Å². The van der Waals surface area contributed by atoms with Crippen molar-refractivity contribution < 1.29 is 4.74 Å². The molecule has 0 amide bonds. The normalized spacial score (nSPS) is 19.4. The second-order valence-corrected chi connectivity index (χ2v) is 4.31. The number of hydrogen-bond acceptors (Lipinski definition) is 5. The molecule has 0 aromatic carbocycles. The molecule has 0 spiro atoms. The summed E-state index contributed by atoms with van der Waals surface area (Å²) in [5.74, 6) is 0. The largest absolute Gasteiger partial charge is 0.380 e. The minimum absolute atomic E-state index is 0.658. The fourth-order valence-corrected chi connectivity index (χ4v) is 2.13. The summed E-state index contributed by atoms with van der Waals surface area (Å²) >= 11 is 1.51. The van der Waals surface area contributed by atoms with Gasteiger partial charge in [-0.25, -0.2) is 4.98 Å². The first-order chi connectivity index (χ1) is 6.84. The number of aromatic nitrogens is 1. The zero-order valence-electron chi connectivity index (χ0n) is 8.11. The number of nitrogens with two attached hydrogens (primary N) is 1. The van der Waals surface area contributed by atoms with E-state index in [0.29, 0.717) is 5.13 Å². The topological polar surface area (TPSA) is 51.4 Å². The Morgan fingerprint density at radius 2 is 2.43 bits per heavy atom. The quantitative estimate of drug-likeness (QED) is 0.794. The molecule has 0 unspecified atom stereocenters. The van der Waals surface area contributed by atoms with Crippen LogP contribution in [0.25, 0.3) is 0 Å². The van der Waals surface area contributed by atoms with Gasteiger partial charge in [0.1, 0.15) is 0 Å². The van der Waals surface area contributed by atoms with Gasteiger partial charge in [0.05, 0.1) is 12.3 Å². The van der Waals surface area contributed by atoms with E-state index in [1.54, 1.807) is 0 Å². The van der Waals surface area contributed by atoms with Gasteiger partial charge in [-0.1, -0.05) is 0 Å². The molecule has 1 saturated heterocycles. The molecule has 0 saturated carbocycles. The molecule has 78 valence electrons. The van der Waals surface area contributed by atoms with Crippen LogP contribution in [0.4, 0.5) is 5.13 Å². The maximum Gasteiger partial charge on any atom is 0.180 e. The lowest BCUT2D eigenvalue weighted by Gasteiger charge is -2.17. The molecule has 1 fully saturated rings. The summed E-state index contributed by atoms with van der Waals surface area (Å²) in [5.41, 5.74) is 6.66. The van der Waals surface area contributed by atoms with Crippen molar-refractivity contribution in [2.45, 2.75) is 13.0 Å². The van der Waals surface area contributed by atoms with Crippen LogP contribution in [0.5, 0.6) is 0 Å². The zero-order chi connectivity index (χ0) is 9.80. The molecule has 0 atom stereocenters. The van der Waals surface area contributed by atoms with Crippen molar-refractivity contribution in [3.8, 4) is 0 Å². The fourth-order valence-electron chi connectivity index (χ4n) is 1.58. The van der Waals surface area contributed by atoms with E-state index in [-0.39, 0.29) is 0 Å². The van der Waals surface area contributed by atoms with Crippen molar-refractivity contribution in [3.05, 3.63) is 11.1 Å². The molecule has 5 heteroatoms. The number of nitrogens with zero attached hydrogens (tertiary/aromatic N) is 2. The van der Waals surface area contributed by atoms with Gasteiger partial charge in [0.2, 0.25) is 0 Å². The Labute approximate surface area is 87.7 Å². The average Bonchev–Trinajstić information content (AvgIpc) is 2.43. The minimum atomic E-state index is 0.658. The SMILES string of the molecule is Nc1nc(CN2CCCOCC2)cs1. The van der Waals surface area contributed by atoms with Crippen LogP contribution in [-0.2, 0) is 11.3 Å². The Hall–Kier alpha value is -0.650. The van der Waals surface area contributed by atoms with Crippen molar-refractivity contribution in [2.75, 3.05) is 32.0 Å². The second kappa shape index (κ2) is 4.72. The van der Waals surface area contributed by atoms with Crippen LogP contribution in [0.1, 0.15) is 12.1 Å². The Morgan fingerprint density at radius 3 is 3.21 bits per heavy atom. The van der Waals surface area contributed by atoms with Crippen LogP contribution >= 0.6 is 11.3 Å². The van der Waals surface area contributed by atoms with Crippen LogP contribution in [0.3, 0.4) is 0 Å². The molecular weight excluding hydrogens is 198 g/mol. The number of thiazole rings is 1. The second-order valence-electron chi connectivity index (χ2n) is 3.42. The van der Waals surface area contributed by atoms with Gasteiger partial charge in [-0.15, -0.1) is 11.3 Å². The van der Waals surface area contributed by atoms with Crippen LogP contribution < -0.4 is 5.73 Å². The number of nitrogen functional groups attached to an aromatic ring is 1. The summed E-state index contributed by atoms with van der Waals surface area (Å²) in [6, 6.07) is 0. The summed E-state index contributed by atoms with van der Waals surface area (Å²) < 4.78 is 5.38. The van der Waals surface area contributed by atoms with Gasteiger partial charge in [-0.2, -0.15) is 0 Å². The number of ether oxygens (including phenoxy) is 1. The van der Waals surface area contributed by atoms with Gasteiger partial charge >= 0.3 is 0 Å². The van der Waals surface area contributed by atoms with Crippen LogP contribution in [0, 0.1) is 0 Å². The maximum absolute atomic E-state index is 5.58. The fraction of sp³-hybridized carbons (Fsp3) is 0.667. The van der Waals surface area contributed by atoms with E-state index in [9.17, 15) is 0 Å². The first kappa shape index (κ1) is 9.89. The van der Waals surface area contributed by atoms with Gasteiger partial charge in [0.15, 0.2) is 5.13 Å². The smallest absolute Gasteiger partial charge is 0.180 e. The average molecular weight is 213 g/mol. The Kier molecular flexibility index (Phi) is 3.34. The minimum Gasteiger partial charge on any atom is -0.380 e. The van der Waals surface area contributed by atoms with E-state index in [0.717, 1.165) is 45.0 Å². The number of hydrogen-bond donors (Lipinski definition) is 1. The number of anilines is 1. The number of rotatable bonds is 2. The zero-order valence-corrected chi connectivity index (χ0v) is 8.92. The molecule has 1 aliphatic rings. The Morgan fingerprint density at radius 1 is 1.50 bits per heavy atom. The predicted molar refractivity (Wildman–Crippen MR) is 57.2 cm³/mol. The van der Waals surface area contributed by atoms with Crippen molar-refractivity contribution in [1.29, 1.82) is 0 Å². The first-order valence-corrected chi connectivity index (χ1v) is 5.72. The van der Waals surface area contributed by atoms with Gasteiger partial charge in [-0.05, 0) is 6.42 Å². The van der Waals surface area contributed by atoms with E-state index >= 15 is 0 Å². The molecule has 1 aliphatic heterocycles. The molecule has 4 nitrogen and oxygen atoms in total. The molecule has 14 heavy (non-hydrogen) atoms. The Bertz CT molecular complexity index is 281. The van der Waals surface area contributed by atoms with Gasteiger partial charge < -0.3 is 10.5 Å². The molecular formula is C9H15N3OS. The Balaban J connectivity index is 1.89. The maximum atomic E-state index is 5.58. The molecule has 0 radical (unpaired) electrons. The highest BCUT2D eigenvalue weighted by Gasteiger charge is 2.10. The van der Waals surface area contributed by atoms with E-state index < -0.39 is 0 Å². The highest BCUT2D eigenvalue weighted by molar-refractivity contribution is 7.13. The molecule has 2 rings (SSSR count). The summed E-state index contributed by atoms with van der Waals surface area (Å²) in [7, 11) is 0. The van der Waals surface area contributed by atoms with E-state index in [1.165, 1.54) is 11.3 Å². The predicted octanol–water partition coefficient (Wildman–Crippen LogP) is 0.948.